The van der Waals surface area contributed by atoms with Gasteiger partial charge in [0.25, 0.3) is 5.91 Å². The number of hydrogen-bond donors (Lipinski definition) is 0. The molecule has 2 heterocycles. The molecule has 5 heteroatoms. The number of fused-ring (bicyclic) bond motifs is 1. The van der Waals surface area contributed by atoms with E-state index in [-0.39, 0.29) is 18.1 Å². The van der Waals surface area contributed by atoms with E-state index in [1.165, 1.54) is 0 Å². The van der Waals surface area contributed by atoms with Crippen LogP contribution in [0.1, 0.15) is 29.1 Å². The van der Waals surface area contributed by atoms with Crippen molar-refractivity contribution in [2.24, 2.45) is 0 Å². The Morgan fingerprint density at radius 3 is 2.95 bits per heavy atom. The van der Waals surface area contributed by atoms with Gasteiger partial charge in [-0.2, -0.15) is 0 Å². The average Bonchev–Trinajstić information content (AvgIpc) is 2.88. The predicted octanol–water partition coefficient (Wildman–Crippen LogP) is 3.30. The second kappa shape index (κ2) is 6.36. The van der Waals surface area contributed by atoms with E-state index in [2.05, 4.69) is 12.1 Å². The van der Waals surface area contributed by atoms with E-state index in [0.29, 0.717) is 19.8 Å². The zero-order valence-electron chi connectivity index (χ0n) is 13.2. The molecule has 0 aliphatic carbocycles. The van der Waals surface area contributed by atoms with Crippen LogP contribution in [0.5, 0.6) is 0 Å². The van der Waals surface area contributed by atoms with Crippen molar-refractivity contribution in [3.63, 3.8) is 0 Å². The highest BCUT2D eigenvalue weighted by atomic mass is 32.1. The highest BCUT2D eigenvalue weighted by Gasteiger charge is 2.31. The minimum absolute atomic E-state index is 0.0837. The molecule has 3 rings (SSSR count). The van der Waals surface area contributed by atoms with Crippen molar-refractivity contribution < 1.29 is 14.3 Å². The van der Waals surface area contributed by atoms with Gasteiger partial charge >= 0.3 is 0 Å². The topological polar surface area (TPSA) is 38.8 Å². The number of thiophene rings is 1. The Hall–Kier alpha value is -1.43. The summed E-state index contributed by atoms with van der Waals surface area (Å²) < 4.78 is 12.1. The molecule has 0 spiro atoms. The summed E-state index contributed by atoms with van der Waals surface area (Å²) >= 11 is 1.56. The number of benzene rings is 1. The first-order valence-corrected chi connectivity index (χ1v) is 8.35. The first-order chi connectivity index (χ1) is 10.6. The van der Waals surface area contributed by atoms with Crippen LogP contribution in [0.25, 0.3) is 10.1 Å². The lowest BCUT2D eigenvalue weighted by Crippen LogP contribution is -2.50. The van der Waals surface area contributed by atoms with Crippen LogP contribution in [-0.2, 0) is 16.1 Å². The third kappa shape index (κ3) is 2.76. The van der Waals surface area contributed by atoms with Crippen molar-refractivity contribution in [1.82, 2.24) is 4.90 Å². The van der Waals surface area contributed by atoms with Crippen LogP contribution in [-0.4, -0.2) is 43.2 Å². The molecule has 1 aliphatic heterocycles. The summed E-state index contributed by atoms with van der Waals surface area (Å²) in [6, 6.07) is 8.22. The van der Waals surface area contributed by atoms with E-state index in [0.717, 1.165) is 20.5 Å². The minimum Gasteiger partial charge on any atom is -0.380 e. The molecule has 1 amide bonds. The van der Waals surface area contributed by atoms with Crippen LogP contribution in [0.4, 0.5) is 0 Å². The molecular weight excluding hydrogens is 298 g/mol. The number of carbonyl (C=O) groups excluding carboxylic acids is 1. The Bertz CT molecular complexity index is 682. The smallest absolute Gasteiger partial charge is 0.264 e. The lowest BCUT2D eigenvalue weighted by molar-refractivity contribution is -0.0386. The molecule has 22 heavy (non-hydrogen) atoms. The third-order valence-electron chi connectivity index (χ3n) is 4.05. The number of ether oxygens (including phenoxy) is 2. The molecule has 0 bridgehead atoms. The first kappa shape index (κ1) is 15.5. The molecule has 1 aromatic carbocycles. The van der Waals surface area contributed by atoms with Crippen molar-refractivity contribution in [2.75, 3.05) is 20.3 Å². The fraction of sp³-hybridized carbons (Fsp3) is 0.471. The highest BCUT2D eigenvalue weighted by molar-refractivity contribution is 7.21. The summed E-state index contributed by atoms with van der Waals surface area (Å²) in [6.07, 6.45) is 0.0837. The average molecular weight is 319 g/mol. The van der Waals surface area contributed by atoms with Gasteiger partial charge in [0.1, 0.15) is 0 Å². The molecule has 0 radical (unpaired) electrons. The SMILES string of the molecule is COCc1c(C(=O)N2C[C@H](C)OC[C@@H]2C)sc2ccccc12. The standard InChI is InChI=1S/C17H21NO3S/c1-11-9-21-12(2)8-18(11)17(19)16-14(10-20-3)13-6-4-5-7-15(13)22-16/h4-7,11-12H,8-10H2,1-3H3/t11-,12-/m0/s1. The lowest BCUT2D eigenvalue weighted by atomic mass is 10.1. The zero-order chi connectivity index (χ0) is 15.7. The van der Waals surface area contributed by atoms with Crippen molar-refractivity contribution in [3.8, 4) is 0 Å². The summed E-state index contributed by atoms with van der Waals surface area (Å²) in [4.78, 5) is 15.8. The van der Waals surface area contributed by atoms with Crippen LogP contribution >= 0.6 is 11.3 Å². The van der Waals surface area contributed by atoms with Crippen LogP contribution in [0.2, 0.25) is 0 Å². The predicted molar refractivity (Wildman–Crippen MR) is 88.5 cm³/mol. The minimum atomic E-state index is 0.0837. The van der Waals surface area contributed by atoms with Gasteiger partial charge in [-0.1, -0.05) is 18.2 Å². The maximum Gasteiger partial charge on any atom is 0.264 e. The normalized spacial score (nSPS) is 22.2. The molecule has 0 unspecified atom stereocenters. The van der Waals surface area contributed by atoms with Gasteiger partial charge in [-0.05, 0) is 25.3 Å². The van der Waals surface area contributed by atoms with Gasteiger partial charge in [0, 0.05) is 23.9 Å². The van der Waals surface area contributed by atoms with Crippen molar-refractivity contribution in [3.05, 3.63) is 34.7 Å². The summed E-state index contributed by atoms with van der Waals surface area (Å²) in [5.74, 6) is 0.0934. The lowest BCUT2D eigenvalue weighted by Gasteiger charge is -2.36. The molecule has 1 aromatic heterocycles. The molecule has 2 aromatic rings. The zero-order valence-corrected chi connectivity index (χ0v) is 14.0. The number of methoxy groups -OCH3 is 1. The Kier molecular flexibility index (Phi) is 4.47. The van der Waals surface area contributed by atoms with Crippen molar-refractivity contribution >= 4 is 27.3 Å². The van der Waals surface area contributed by atoms with Crippen LogP contribution in [0.15, 0.2) is 24.3 Å². The summed E-state index contributed by atoms with van der Waals surface area (Å²) in [6.45, 7) is 5.73. The number of carbonyl (C=O) groups is 1. The van der Waals surface area contributed by atoms with Gasteiger partial charge in [0.15, 0.2) is 0 Å². The van der Waals surface area contributed by atoms with Crippen LogP contribution in [0, 0.1) is 0 Å². The molecule has 2 atom stereocenters. The van der Waals surface area contributed by atoms with Gasteiger partial charge in [0.2, 0.25) is 0 Å². The van der Waals surface area contributed by atoms with Crippen LogP contribution in [0.3, 0.4) is 0 Å². The summed E-state index contributed by atoms with van der Waals surface area (Å²) in [7, 11) is 1.67. The van der Waals surface area contributed by atoms with Crippen molar-refractivity contribution in [2.45, 2.75) is 32.6 Å². The van der Waals surface area contributed by atoms with E-state index in [4.69, 9.17) is 9.47 Å². The fourth-order valence-electron chi connectivity index (χ4n) is 2.88. The molecule has 1 saturated heterocycles. The summed E-state index contributed by atoms with van der Waals surface area (Å²) in [5, 5.41) is 1.12. The monoisotopic (exact) mass is 319 g/mol. The Morgan fingerprint density at radius 1 is 1.41 bits per heavy atom. The van der Waals surface area contributed by atoms with Crippen molar-refractivity contribution in [1.29, 1.82) is 0 Å². The van der Waals surface area contributed by atoms with E-state index < -0.39 is 0 Å². The second-order valence-corrected chi connectivity index (χ2v) is 6.84. The number of amides is 1. The molecule has 4 nitrogen and oxygen atoms in total. The Labute approximate surface area is 134 Å². The van der Waals surface area contributed by atoms with Gasteiger partial charge in [-0.25, -0.2) is 0 Å². The third-order valence-corrected chi connectivity index (χ3v) is 5.25. The van der Waals surface area contributed by atoms with Gasteiger partial charge < -0.3 is 14.4 Å². The number of morpholine rings is 1. The maximum atomic E-state index is 13.0. The van der Waals surface area contributed by atoms with E-state index in [1.54, 1.807) is 18.4 Å². The van der Waals surface area contributed by atoms with Gasteiger partial charge in [-0.15, -0.1) is 11.3 Å². The number of hydrogen-bond acceptors (Lipinski definition) is 4. The van der Waals surface area contributed by atoms with E-state index >= 15 is 0 Å². The van der Waals surface area contributed by atoms with Gasteiger partial charge in [-0.3, -0.25) is 4.79 Å². The first-order valence-electron chi connectivity index (χ1n) is 7.53. The maximum absolute atomic E-state index is 13.0. The highest BCUT2D eigenvalue weighted by Crippen LogP contribution is 2.33. The van der Waals surface area contributed by atoms with Gasteiger partial charge in [0.05, 0.1) is 30.2 Å². The molecule has 1 aliphatic rings. The van der Waals surface area contributed by atoms with E-state index in [9.17, 15) is 4.79 Å². The Balaban J connectivity index is 2.01. The fourth-order valence-corrected chi connectivity index (χ4v) is 4.04. The molecule has 118 valence electrons. The van der Waals surface area contributed by atoms with Crippen LogP contribution < -0.4 is 0 Å². The largest absolute Gasteiger partial charge is 0.380 e. The number of nitrogens with zero attached hydrogens (tertiary/aromatic N) is 1. The quantitative estimate of drug-likeness (QED) is 0.871. The molecular formula is C17H21NO3S. The second-order valence-electron chi connectivity index (χ2n) is 5.79. The summed E-state index contributed by atoms with van der Waals surface area (Å²) in [5.41, 5.74) is 0.999. The molecule has 1 fully saturated rings. The van der Waals surface area contributed by atoms with E-state index in [1.807, 2.05) is 30.9 Å². The number of rotatable bonds is 3. The Morgan fingerprint density at radius 2 is 2.18 bits per heavy atom. The molecule has 0 N–H and O–H groups in total. The molecule has 0 saturated carbocycles.